The van der Waals surface area contributed by atoms with Gasteiger partial charge in [-0.05, 0) is 17.9 Å². The molecule has 0 saturated carbocycles. The fraction of sp³-hybridized carbons (Fsp3) is 0.200. The summed E-state index contributed by atoms with van der Waals surface area (Å²) in [5.74, 6) is -0.180. The first-order chi connectivity index (χ1) is 7.63. The fourth-order valence-electron chi connectivity index (χ4n) is 1.41. The predicted molar refractivity (Wildman–Crippen MR) is 66.2 cm³/mol. The first-order valence-electron chi connectivity index (χ1n) is 4.67. The molecule has 0 atom stereocenters. The van der Waals surface area contributed by atoms with Crippen LogP contribution in [0.25, 0.3) is 5.65 Å². The second-order valence-electron chi connectivity index (χ2n) is 3.08. The van der Waals surface area contributed by atoms with Crippen molar-refractivity contribution in [1.29, 1.82) is 0 Å². The van der Waals surface area contributed by atoms with Crippen molar-refractivity contribution in [3.8, 4) is 0 Å². The van der Waals surface area contributed by atoms with Crippen molar-refractivity contribution in [3.63, 3.8) is 0 Å². The summed E-state index contributed by atoms with van der Waals surface area (Å²) in [7, 11) is 0. The average molecular weight is 301 g/mol. The van der Waals surface area contributed by atoms with E-state index >= 15 is 0 Å². The van der Waals surface area contributed by atoms with Gasteiger partial charge in [0.15, 0.2) is 5.69 Å². The summed E-state index contributed by atoms with van der Waals surface area (Å²) in [6.07, 6.45) is 1.82. The summed E-state index contributed by atoms with van der Waals surface area (Å²) in [4.78, 5) is 15.2. The van der Waals surface area contributed by atoms with E-state index in [1.165, 1.54) is 11.8 Å². The first-order valence-corrected chi connectivity index (χ1v) is 6.45. The maximum absolute atomic E-state index is 11.1. The van der Waals surface area contributed by atoms with Crippen LogP contribution < -0.4 is 0 Å². The second kappa shape index (κ2) is 4.47. The van der Waals surface area contributed by atoms with Crippen LogP contribution in [0.5, 0.6) is 0 Å². The van der Waals surface area contributed by atoms with Gasteiger partial charge in [0, 0.05) is 10.7 Å². The standard InChI is InChI=1S/C10H9BrN2O2S/c1-2-16-9-8(10(14)15)12-7-5-6(11)3-4-13(7)9/h3-5H,2H2,1H3,(H,14,15). The fourth-order valence-corrected chi connectivity index (χ4v) is 2.57. The zero-order valence-corrected chi connectivity index (χ0v) is 10.9. The maximum atomic E-state index is 11.1. The Labute approximate surface area is 105 Å². The van der Waals surface area contributed by atoms with E-state index in [1.54, 1.807) is 10.5 Å². The molecule has 0 aliphatic carbocycles. The molecule has 0 bridgehead atoms. The molecule has 6 heteroatoms. The van der Waals surface area contributed by atoms with E-state index in [4.69, 9.17) is 5.11 Å². The van der Waals surface area contributed by atoms with Crippen LogP contribution >= 0.6 is 27.7 Å². The summed E-state index contributed by atoms with van der Waals surface area (Å²) in [5.41, 5.74) is 0.757. The summed E-state index contributed by atoms with van der Waals surface area (Å²) in [5, 5.41) is 9.74. The number of fused-ring (bicyclic) bond motifs is 1. The molecular formula is C10H9BrN2O2S. The third-order valence-corrected chi connectivity index (χ3v) is 3.47. The summed E-state index contributed by atoms with van der Waals surface area (Å²) in [6, 6.07) is 3.66. The number of hydrogen-bond acceptors (Lipinski definition) is 3. The van der Waals surface area contributed by atoms with Crippen molar-refractivity contribution in [2.45, 2.75) is 11.9 Å². The normalized spacial score (nSPS) is 10.9. The van der Waals surface area contributed by atoms with Crippen LogP contribution in [0.15, 0.2) is 27.8 Å². The van der Waals surface area contributed by atoms with Crippen molar-refractivity contribution in [2.75, 3.05) is 5.75 Å². The molecule has 4 nitrogen and oxygen atoms in total. The van der Waals surface area contributed by atoms with Gasteiger partial charge in [0.05, 0.1) is 0 Å². The molecule has 0 fully saturated rings. The molecule has 16 heavy (non-hydrogen) atoms. The van der Waals surface area contributed by atoms with E-state index < -0.39 is 5.97 Å². The van der Waals surface area contributed by atoms with Gasteiger partial charge in [-0.3, -0.25) is 4.40 Å². The molecule has 0 spiro atoms. The van der Waals surface area contributed by atoms with Gasteiger partial charge in [-0.2, -0.15) is 0 Å². The highest BCUT2D eigenvalue weighted by Crippen LogP contribution is 2.25. The molecule has 0 saturated heterocycles. The van der Waals surface area contributed by atoms with E-state index in [2.05, 4.69) is 20.9 Å². The maximum Gasteiger partial charge on any atom is 0.357 e. The zero-order chi connectivity index (χ0) is 11.7. The molecule has 84 valence electrons. The number of thioether (sulfide) groups is 1. The number of pyridine rings is 1. The van der Waals surface area contributed by atoms with Gasteiger partial charge in [0.2, 0.25) is 0 Å². The monoisotopic (exact) mass is 300 g/mol. The Bertz CT molecular complexity index is 553. The lowest BCUT2D eigenvalue weighted by atomic mass is 10.5. The SMILES string of the molecule is CCSc1c(C(=O)O)nc2cc(Br)ccn12. The Kier molecular flexibility index (Phi) is 3.20. The zero-order valence-electron chi connectivity index (χ0n) is 8.48. The minimum absolute atomic E-state index is 0.116. The van der Waals surface area contributed by atoms with Crippen molar-refractivity contribution in [1.82, 2.24) is 9.38 Å². The number of rotatable bonds is 3. The lowest BCUT2D eigenvalue weighted by Crippen LogP contribution is -1.99. The van der Waals surface area contributed by atoms with Gasteiger partial charge in [0.1, 0.15) is 10.7 Å². The first kappa shape index (κ1) is 11.5. The number of aromatic nitrogens is 2. The molecule has 1 N–H and O–H groups in total. The summed E-state index contributed by atoms with van der Waals surface area (Å²) >= 11 is 4.81. The number of carboxylic acids is 1. The molecular weight excluding hydrogens is 292 g/mol. The Hall–Kier alpha value is -1.01. The summed E-state index contributed by atoms with van der Waals surface area (Å²) < 4.78 is 2.68. The number of aromatic carboxylic acids is 1. The molecule has 0 aliphatic heterocycles. The number of imidazole rings is 1. The van der Waals surface area contributed by atoms with Gasteiger partial charge in [-0.1, -0.05) is 22.9 Å². The smallest absolute Gasteiger partial charge is 0.357 e. The van der Waals surface area contributed by atoms with E-state index in [1.807, 2.05) is 19.2 Å². The Morgan fingerprint density at radius 1 is 1.69 bits per heavy atom. The van der Waals surface area contributed by atoms with Crippen LogP contribution in [0.4, 0.5) is 0 Å². The highest BCUT2D eigenvalue weighted by molar-refractivity contribution is 9.10. The van der Waals surface area contributed by atoms with Crippen molar-refractivity contribution >= 4 is 39.3 Å². The van der Waals surface area contributed by atoms with Gasteiger partial charge in [0.25, 0.3) is 0 Å². The van der Waals surface area contributed by atoms with Crippen LogP contribution in [-0.4, -0.2) is 26.2 Å². The molecule has 2 heterocycles. The van der Waals surface area contributed by atoms with E-state index in [0.29, 0.717) is 10.7 Å². The number of carbonyl (C=O) groups is 1. The molecule has 0 aliphatic rings. The number of halogens is 1. The molecule has 2 aromatic rings. The van der Waals surface area contributed by atoms with Crippen LogP contribution in [0, 0.1) is 0 Å². The Balaban J connectivity index is 2.70. The van der Waals surface area contributed by atoms with Gasteiger partial charge >= 0.3 is 5.97 Å². The van der Waals surface area contributed by atoms with E-state index in [0.717, 1.165) is 10.2 Å². The number of carboxylic acid groups (broad SMARTS) is 1. The van der Waals surface area contributed by atoms with Crippen molar-refractivity contribution < 1.29 is 9.90 Å². The van der Waals surface area contributed by atoms with Crippen LogP contribution in [0.2, 0.25) is 0 Å². The summed E-state index contributed by atoms with van der Waals surface area (Å²) in [6.45, 7) is 1.98. The molecule has 2 rings (SSSR count). The predicted octanol–water partition coefficient (Wildman–Crippen LogP) is 2.91. The Morgan fingerprint density at radius 2 is 2.44 bits per heavy atom. The molecule has 0 aromatic carbocycles. The molecule has 0 unspecified atom stereocenters. The number of nitrogens with zero attached hydrogens (tertiary/aromatic N) is 2. The number of hydrogen-bond donors (Lipinski definition) is 1. The Morgan fingerprint density at radius 3 is 3.06 bits per heavy atom. The average Bonchev–Trinajstić information content (AvgIpc) is 2.57. The quantitative estimate of drug-likeness (QED) is 0.886. The van der Waals surface area contributed by atoms with E-state index in [-0.39, 0.29) is 5.69 Å². The van der Waals surface area contributed by atoms with Gasteiger partial charge in [-0.15, -0.1) is 11.8 Å². The topological polar surface area (TPSA) is 54.6 Å². The van der Waals surface area contributed by atoms with E-state index in [9.17, 15) is 4.79 Å². The molecule has 2 aromatic heterocycles. The lowest BCUT2D eigenvalue weighted by Gasteiger charge is -2.00. The minimum atomic E-state index is -0.990. The molecule has 0 amide bonds. The van der Waals surface area contributed by atoms with Crippen molar-refractivity contribution in [2.24, 2.45) is 0 Å². The van der Waals surface area contributed by atoms with Crippen LogP contribution in [0.3, 0.4) is 0 Å². The second-order valence-corrected chi connectivity index (χ2v) is 5.25. The minimum Gasteiger partial charge on any atom is -0.476 e. The van der Waals surface area contributed by atoms with Crippen LogP contribution in [-0.2, 0) is 0 Å². The molecule has 0 radical (unpaired) electrons. The third kappa shape index (κ3) is 1.94. The highest BCUT2D eigenvalue weighted by Gasteiger charge is 2.17. The highest BCUT2D eigenvalue weighted by atomic mass is 79.9. The largest absolute Gasteiger partial charge is 0.476 e. The van der Waals surface area contributed by atoms with Crippen LogP contribution in [0.1, 0.15) is 17.4 Å². The van der Waals surface area contributed by atoms with Gasteiger partial charge in [-0.25, -0.2) is 9.78 Å². The van der Waals surface area contributed by atoms with Crippen molar-refractivity contribution in [3.05, 3.63) is 28.5 Å². The third-order valence-electron chi connectivity index (χ3n) is 2.03. The van der Waals surface area contributed by atoms with Gasteiger partial charge < -0.3 is 5.11 Å². The lowest BCUT2D eigenvalue weighted by molar-refractivity contribution is 0.0687.